The van der Waals surface area contributed by atoms with Crippen LogP contribution < -0.4 is 0 Å². The van der Waals surface area contributed by atoms with Crippen LogP contribution in [0.3, 0.4) is 0 Å². The maximum atomic E-state index is 11.7. The molecule has 0 unspecified atom stereocenters. The molecule has 0 spiro atoms. The van der Waals surface area contributed by atoms with Gasteiger partial charge in [0.25, 0.3) is 0 Å². The van der Waals surface area contributed by atoms with Crippen LogP contribution in [0.15, 0.2) is 0 Å². The SMILES string of the molecule is OC[C@H](O)[C@H]1O[C@H](O)[C@@H](O)[C@@H](O[C@H]2O[C@H](CO)[C@@H](O)[C@H](O[C@H]3O[C@H](CO)[C@@H](O)[C@H](O[C@@H]4O[C@H](CO)[C@@H](O)[C@H](O)[C@H]4O)[C@H]3O[C@H]3O[C@H](CO)[C@H](O)[C@H](O)[C@H]3O[C@H]3O[C@H](CO)[C@H](O)[C@H](O)[C@H]3O)[C@H]2O)[C@@H]1O. The van der Waals surface area contributed by atoms with Crippen molar-refractivity contribution < 1.29 is 159 Å². The zero-order valence-corrected chi connectivity index (χ0v) is 36.0. The van der Waals surface area contributed by atoms with Gasteiger partial charge in [-0.25, -0.2) is 0 Å². The quantitative estimate of drug-likeness (QED) is 0.0643. The molecule has 0 aromatic carbocycles. The fourth-order valence-electron chi connectivity index (χ4n) is 8.68. The van der Waals surface area contributed by atoms with Crippen LogP contribution in [-0.4, -0.2) is 337 Å². The molecule has 6 aliphatic rings. The Bertz CT molecular complexity index is 1560. The van der Waals surface area contributed by atoms with Gasteiger partial charge in [0.2, 0.25) is 0 Å². The van der Waals surface area contributed by atoms with Crippen molar-refractivity contribution in [2.24, 2.45) is 0 Å². The van der Waals surface area contributed by atoms with Crippen LogP contribution in [0.5, 0.6) is 0 Å². The van der Waals surface area contributed by atoms with E-state index in [-0.39, 0.29) is 0 Å². The summed E-state index contributed by atoms with van der Waals surface area (Å²) in [6.07, 6.45) is -64.0. The van der Waals surface area contributed by atoms with Gasteiger partial charge in [-0.15, -0.1) is 0 Å². The molecule has 32 heteroatoms. The van der Waals surface area contributed by atoms with E-state index < -0.39 is 230 Å². The van der Waals surface area contributed by atoms with Crippen molar-refractivity contribution in [3.63, 3.8) is 0 Å². The zero-order chi connectivity index (χ0) is 50.9. The van der Waals surface area contributed by atoms with E-state index in [4.69, 9.17) is 52.1 Å². The lowest BCUT2D eigenvalue weighted by Crippen LogP contribution is -2.70. The van der Waals surface area contributed by atoms with Crippen molar-refractivity contribution in [1.29, 1.82) is 0 Å². The molecule has 0 aromatic heterocycles. The van der Waals surface area contributed by atoms with Gasteiger partial charge in [0.05, 0.1) is 39.6 Å². The second-order valence-electron chi connectivity index (χ2n) is 17.2. The van der Waals surface area contributed by atoms with E-state index in [0.717, 1.165) is 0 Å². The van der Waals surface area contributed by atoms with E-state index in [2.05, 4.69) is 0 Å². The second-order valence-corrected chi connectivity index (χ2v) is 17.2. The lowest BCUT2D eigenvalue weighted by molar-refractivity contribution is -0.418. The van der Waals surface area contributed by atoms with Crippen molar-refractivity contribution in [3.05, 3.63) is 0 Å². The van der Waals surface area contributed by atoms with Gasteiger partial charge in [0.1, 0.15) is 153 Å². The van der Waals surface area contributed by atoms with Crippen LogP contribution in [-0.2, 0) is 52.1 Å². The summed E-state index contributed by atoms with van der Waals surface area (Å²) in [5.41, 5.74) is 0. The Morgan fingerprint density at radius 3 is 1.09 bits per heavy atom. The fourth-order valence-corrected chi connectivity index (χ4v) is 8.68. The van der Waals surface area contributed by atoms with Crippen molar-refractivity contribution in [2.45, 2.75) is 190 Å². The first kappa shape index (κ1) is 57.0. The van der Waals surface area contributed by atoms with Gasteiger partial charge in [-0.05, 0) is 0 Å². The standard InChI is InChI=1S/C37H64O32/c38-1-7(44)26-23(55)28(24(56)32(58)64-26)65-35-25(57)27(16(48)11(5-42)61-35)66-37-31(29(17(49)12(6-43)63-37)67-33-21(53)18(50)13(45)8(2-39)59-33)69-36-30(20(52)15(47)10(4-41)62-36)68-34-22(54)19(51)14(46)9(3-40)60-34/h7-58H,1-6H2/t7-,8+,9+,10+,11+,12+,13+,14-,15-,16+,17+,18-,19-,20-,21+,22+,23+,24-,25+,26+,27-,28-,29-,30+,31+,32-,33-,34+,35+,36+,37+/m0/s1. The third-order valence-electron chi connectivity index (χ3n) is 12.8. The molecule has 0 saturated carbocycles. The predicted molar refractivity (Wildman–Crippen MR) is 205 cm³/mol. The molecule has 6 saturated heterocycles. The number of hydrogen-bond acceptors (Lipinski definition) is 32. The third kappa shape index (κ3) is 11.7. The van der Waals surface area contributed by atoms with Crippen molar-refractivity contribution in [3.8, 4) is 0 Å². The van der Waals surface area contributed by atoms with E-state index in [1.807, 2.05) is 0 Å². The summed E-state index contributed by atoms with van der Waals surface area (Å²) in [4.78, 5) is 0. The third-order valence-corrected chi connectivity index (χ3v) is 12.8. The van der Waals surface area contributed by atoms with Crippen LogP contribution in [0.25, 0.3) is 0 Å². The Morgan fingerprint density at radius 1 is 0.290 bits per heavy atom. The van der Waals surface area contributed by atoms with E-state index >= 15 is 0 Å². The Labute approximate surface area is 389 Å². The van der Waals surface area contributed by atoms with Crippen molar-refractivity contribution in [2.75, 3.05) is 39.6 Å². The molecule has 6 rings (SSSR count). The van der Waals surface area contributed by atoms with Crippen LogP contribution in [0.4, 0.5) is 0 Å². The fraction of sp³-hybridized carbons (Fsp3) is 1.00. The molecule has 0 aliphatic carbocycles. The smallest absolute Gasteiger partial charge is 0.187 e. The molecule has 21 N–H and O–H groups in total. The van der Waals surface area contributed by atoms with Gasteiger partial charge >= 0.3 is 0 Å². The monoisotopic (exact) mass is 1020 g/mol. The molecule has 6 heterocycles. The van der Waals surface area contributed by atoms with Gasteiger partial charge in [-0.2, -0.15) is 0 Å². The molecule has 69 heavy (non-hydrogen) atoms. The lowest BCUT2D eigenvalue weighted by atomic mass is 9.94. The van der Waals surface area contributed by atoms with E-state index in [1.54, 1.807) is 0 Å². The minimum Gasteiger partial charge on any atom is -0.394 e. The molecule has 404 valence electrons. The zero-order valence-electron chi connectivity index (χ0n) is 36.0. The molecule has 0 aromatic rings. The topological polar surface area (TPSA) is 526 Å². The average molecular weight is 1020 g/mol. The molecular weight excluding hydrogens is 956 g/mol. The molecule has 0 amide bonds. The van der Waals surface area contributed by atoms with Gasteiger partial charge in [0.15, 0.2) is 37.7 Å². The summed E-state index contributed by atoms with van der Waals surface area (Å²) in [5, 5.41) is 223. The van der Waals surface area contributed by atoms with Crippen molar-refractivity contribution in [1.82, 2.24) is 0 Å². The summed E-state index contributed by atoms with van der Waals surface area (Å²) in [6.45, 7) is -6.25. The van der Waals surface area contributed by atoms with Crippen LogP contribution in [0.1, 0.15) is 0 Å². The Hall–Kier alpha value is -1.28. The van der Waals surface area contributed by atoms with E-state index in [0.29, 0.717) is 0 Å². The van der Waals surface area contributed by atoms with Crippen LogP contribution in [0.2, 0.25) is 0 Å². The minimum atomic E-state index is -2.35. The molecule has 32 nitrogen and oxygen atoms in total. The Balaban J connectivity index is 1.38. The Kier molecular flexibility index (Phi) is 20.1. The van der Waals surface area contributed by atoms with Gasteiger partial charge in [-0.1, -0.05) is 0 Å². The normalized spacial score (nSPS) is 52.7. The van der Waals surface area contributed by atoms with Crippen molar-refractivity contribution >= 4 is 0 Å². The molecule has 0 radical (unpaired) electrons. The summed E-state index contributed by atoms with van der Waals surface area (Å²) < 4.78 is 62.4. The van der Waals surface area contributed by atoms with E-state index in [9.17, 15) is 107 Å². The number of aliphatic hydroxyl groups is 21. The largest absolute Gasteiger partial charge is 0.394 e. The maximum Gasteiger partial charge on any atom is 0.187 e. The number of aliphatic hydroxyl groups excluding tert-OH is 21. The molecule has 6 fully saturated rings. The molecular formula is C37H64O32. The van der Waals surface area contributed by atoms with Crippen LogP contribution in [0, 0.1) is 0 Å². The number of ether oxygens (including phenoxy) is 11. The Morgan fingerprint density at radius 2 is 0.623 bits per heavy atom. The first-order valence-corrected chi connectivity index (χ1v) is 21.7. The van der Waals surface area contributed by atoms with Gasteiger partial charge in [0, 0.05) is 0 Å². The number of hydrogen-bond donors (Lipinski definition) is 21. The first-order chi connectivity index (χ1) is 32.7. The summed E-state index contributed by atoms with van der Waals surface area (Å²) >= 11 is 0. The highest BCUT2D eigenvalue weighted by Crippen LogP contribution is 2.38. The molecule has 31 atom stereocenters. The maximum absolute atomic E-state index is 11.7. The first-order valence-electron chi connectivity index (χ1n) is 21.7. The number of rotatable bonds is 17. The molecule has 0 bridgehead atoms. The van der Waals surface area contributed by atoms with Gasteiger partial charge in [-0.3, -0.25) is 0 Å². The lowest BCUT2D eigenvalue weighted by Gasteiger charge is -2.51. The summed E-state index contributed by atoms with van der Waals surface area (Å²) in [6, 6.07) is 0. The minimum absolute atomic E-state index is 0.957. The highest BCUT2D eigenvalue weighted by molar-refractivity contribution is 5.01. The molecule has 6 aliphatic heterocycles. The summed E-state index contributed by atoms with van der Waals surface area (Å²) in [5.74, 6) is 0. The highest BCUT2D eigenvalue weighted by atomic mass is 16.8. The second kappa shape index (κ2) is 24.4. The van der Waals surface area contributed by atoms with E-state index in [1.165, 1.54) is 0 Å². The average Bonchev–Trinajstić information content (AvgIpc) is 3.34. The van der Waals surface area contributed by atoms with Crippen LogP contribution >= 0.6 is 0 Å². The predicted octanol–water partition coefficient (Wildman–Crippen LogP) is -14.7. The summed E-state index contributed by atoms with van der Waals surface area (Å²) in [7, 11) is 0. The van der Waals surface area contributed by atoms with Gasteiger partial charge < -0.3 is 159 Å². The highest BCUT2D eigenvalue weighted by Gasteiger charge is 2.59.